The van der Waals surface area contributed by atoms with Crippen molar-refractivity contribution in [3.63, 3.8) is 0 Å². The van der Waals surface area contributed by atoms with E-state index in [1.165, 1.54) is 103 Å². The molecule has 0 aliphatic rings. The number of unbranched alkanes of at least 4 members (excludes halogenated alkanes) is 20. The fraction of sp³-hybridized carbons (Fsp3) is 0.892. The fourth-order valence-corrected chi connectivity index (χ4v) is 5.16. The van der Waals surface area contributed by atoms with Crippen molar-refractivity contribution in [3.05, 3.63) is 0 Å². The molecule has 1 N–H and O–H groups in total. The topological polar surface area (TPSA) is 125 Å². The number of carbonyl (C=O) groups excluding carboxylic acids is 3. The van der Waals surface area contributed by atoms with Gasteiger partial charge in [-0.25, -0.2) is 0 Å². The van der Waals surface area contributed by atoms with Crippen LogP contribution in [-0.4, -0.2) is 61.5 Å². The highest BCUT2D eigenvalue weighted by Crippen LogP contribution is 2.14. The molecule has 9 heteroatoms. The Bertz CT molecular complexity index is 740. The van der Waals surface area contributed by atoms with E-state index in [9.17, 15) is 19.2 Å². The summed E-state index contributed by atoms with van der Waals surface area (Å²) in [7, 11) is 0. The van der Waals surface area contributed by atoms with Crippen LogP contribution in [0.4, 0.5) is 0 Å². The summed E-state index contributed by atoms with van der Waals surface area (Å²) in [6.45, 7) is 4.12. The average molecular weight is 657 g/mol. The van der Waals surface area contributed by atoms with Crippen LogP contribution in [0.25, 0.3) is 0 Å². The van der Waals surface area contributed by atoms with Crippen LogP contribution in [0.3, 0.4) is 0 Å². The molecular weight excluding hydrogens is 588 g/mol. The van der Waals surface area contributed by atoms with Gasteiger partial charge in [0.05, 0.1) is 26.1 Å². The van der Waals surface area contributed by atoms with E-state index in [1.807, 2.05) is 0 Å². The van der Waals surface area contributed by atoms with E-state index in [0.717, 1.165) is 38.5 Å². The minimum Gasteiger partial charge on any atom is -0.481 e. The predicted octanol–water partition coefficient (Wildman–Crippen LogP) is 9.27. The highest BCUT2D eigenvalue weighted by atomic mass is 16.6. The van der Waals surface area contributed by atoms with Crippen molar-refractivity contribution >= 4 is 23.9 Å². The van der Waals surface area contributed by atoms with Crippen molar-refractivity contribution in [2.45, 2.75) is 187 Å². The van der Waals surface area contributed by atoms with E-state index < -0.39 is 24.0 Å². The van der Waals surface area contributed by atoms with Gasteiger partial charge in [-0.3, -0.25) is 19.2 Å². The first-order chi connectivity index (χ1) is 22.4. The Hall–Kier alpha value is -2.16. The first kappa shape index (κ1) is 43.8. The number of hydrogen-bond donors (Lipinski definition) is 1. The Morgan fingerprint density at radius 3 is 1.22 bits per heavy atom. The number of carboxylic acid groups (broad SMARTS) is 1. The van der Waals surface area contributed by atoms with Gasteiger partial charge in [0.25, 0.3) is 0 Å². The van der Waals surface area contributed by atoms with Gasteiger partial charge in [0, 0.05) is 12.8 Å². The van der Waals surface area contributed by atoms with Crippen molar-refractivity contribution < 1.29 is 43.2 Å². The molecule has 0 aromatic heterocycles. The largest absolute Gasteiger partial charge is 0.481 e. The van der Waals surface area contributed by atoms with Crippen LogP contribution < -0.4 is 0 Å². The quantitative estimate of drug-likeness (QED) is 0.0403. The molecule has 0 unspecified atom stereocenters. The molecule has 0 aliphatic heterocycles. The monoisotopic (exact) mass is 656 g/mol. The fourth-order valence-electron chi connectivity index (χ4n) is 5.16. The molecule has 0 heterocycles. The van der Waals surface area contributed by atoms with Crippen molar-refractivity contribution in [3.8, 4) is 0 Å². The number of esters is 3. The molecule has 270 valence electrons. The maximum absolute atomic E-state index is 12.5. The molecule has 9 nitrogen and oxygen atoms in total. The van der Waals surface area contributed by atoms with Gasteiger partial charge in [-0.15, -0.1) is 0 Å². The zero-order valence-corrected chi connectivity index (χ0v) is 29.5. The summed E-state index contributed by atoms with van der Waals surface area (Å²) < 4.78 is 21.3. The van der Waals surface area contributed by atoms with E-state index in [-0.39, 0.29) is 51.7 Å². The van der Waals surface area contributed by atoms with E-state index in [2.05, 4.69) is 13.8 Å². The van der Waals surface area contributed by atoms with Crippen LogP contribution in [0.15, 0.2) is 0 Å². The lowest BCUT2D eigenvalue weighted by Crippen LogP contribution is -2.31. The third-order valence-electron chi connectivity index (χ3n) is 8.04. The second kappa shape index (κ2) is 34.2. The lowest BCUT2D eigenvalue weighted by Gasteiger charge is -2.18. The van der Waals surface area contributed by atoms with Crippen molar-refractivity contribution in [1.82, 2.24) is 0 Å². The minimum absolute atomic E-state index is 0.0109. The first-order valence-electron chi connectivity index (χ1n) is 18.7. The molecule has 0 radical (unpaired) electrons. The molecule has 0 saturated carbocycles. The van der Waals surface area contributed by atoms with Gasteiger partial charge in [0.2, 0.25) is 0 Å². The maximum Gasteiger partial charge on any atom is 0.308 e. The maximum atomic E-state index is 12.5. The Labute approximate surface area is 280 Å². The summed E-state index contributed by atoms with van der Waals surface area (Å²) in [4.78, 5) is 47.5. The van der Waals surface area contributed by atoms with Gasteiger partial charge in [0.1, 0.15) is 13.2 Å². The van der Waals surface area contributed by atoms with E-state index in [4.69, 9.17) is 24.1 Å². The highest BCUT2D eigenvalue weighted by Gasteiger charge is 2.19. The number of rotatable bonds is 35. The average Bonchev–Trinajstić information content (AvgIpc) is 3.03. The molecule has 0 aromatic rings. The number of carboxylic acids is 1. The number of carbonyl (C=O) groups is 4. The lowest BCUT2D eigenvalue weighted by atomic mass is 10.1. The smallest absolute Gasteiger partial charge is 0.308 e. The van der Waals surface area contributed by atoms with Crippen LogP contribution in [-0.2, 0) is 38.1 Å². The lowest BCUT2D eigenvalue weighted by molar-refractivity contribution is -0.167. The molecule has 0 aliphatic carbocycles. The SMILES string of the molecule is CCCCCCCCCCCCCC(=O)OC[C@@H](COC(=O)CCOCCC(=O)O)OC(=O)CCCCCCCCCCCCC. The second-order valence-electron chi connectivity index (χ2n) is 12.6. The van der Waals surface area contributed by atoms with Crippen LogP contribution in [0.2, 0.25) is 0 Å². The molecule has 0 saturated heterocycles. The summed E-state index contributed by atoms with van der Waals surface area (Å²) in [5, 5.41) is 8.65. The van der Waals surface area contributed by atoms with Gasteiger partial charge in [0.15, 0.2) is 6.10 Å². The Morgan fingerprint density at radius 2 is 0.804 bits per heavy atom. The van der Waals surface area contributed by atoms with Crippen molar-refractivity contribution in [2.24, 2.45) is 0 Å². The standard InChI is InChI=1S/C37H68O9/c1-3-5-7-9-11-13-15-17-19-21-23-25-35(40)44-31-33(32-45-36(41)28-30-43-29-27-34(38)39)46-37(42)26-24-22-20-18-16-14-12-10-8-6-4-2/h33H,3-32H2,1-2H3,(H,38,39)/t33-/m0/s1. The molecular formula is C37H68O9. The molecule has 0 aromatic carbocycles. The van der Waals surface area contributed by atoms with Crippen LogP contribution in [0.1, 0.15) is 181 Å². The molecule has 46 heavy (non-hydrogen) atoms. The number of hydrogen-bond acceptors (Lipinski definition) is 8. The summed E-state index contributed by atoms with van der Waals surface area (Å²) in [5.74, 6) is -2.27. The van der Waals surface area contributed by atoms with Gasteiger partial charge in [-0.05, 0) is 12.8 Å². The van der Waals surface area contributed by atoms with E-state index in [1.54, 1.807) is 0 Å². The van der Waals surface area contributed by atoms with Crippen LogP contribution >= 0.6 is 0 Å². The molecule has 0 bridgehead atoms. The van der Waals surface area contributed by atoms with Gasteiger partial charge >= 0.3 is 23.9 Å². The molecule has 0 fully saturated rings. The molecule has 1 atom stereocenters. The zero-order chi connectivity index (χ0) is 33.9. The Morgan fingerprint density at radius 1 is 0.457 bits per heavy atom. The molecule has 0 amide bonds. The van der Waals surface area contributed by atoms with Crippen LogP contribution in [0, 0.1) is 0 Å². The second-order valence-corrected chi connectivity index (χ2v) is 12.6. The normalized spacial score (nSPS) is 11.7. The van der Waals surface area contributed by atoms with E-state index >= 15 is 0 Å². The third kappa shape index (κ3) is 33.2. The third-order valence-corrected chi connectivity index (χ3v) is 8.04. The van der Waals surface area contributed by atoms with Gasteiger partial charge in [-0.2, -0.15) is 0 Å². The Kier molecular flexibility index (Phi) is 32.6. The Balaban J connectivity index is 4.31. The molecule has 0 rings (SSSR count). The zero-order valence-electron chi connectivity index (χ0n) is 29.5. The van der Waals surface area contributed by atoms with Gasteiger partial charge < -0.3 is 24.1 Å². The highest BCUT2D eigenvalue weighted by molar-refractivity contribution is 5.71. The minimum atomic E-state index is -0.974. The van der Waals surface area contributed by atoms with Crippen molar-refractivity contribution in [2.75, 3.05) is 26.4 Å². The number of ether oxygens (including phenoxy) is 4. The summed E-state index contributed by atoms with van der Waals surface area (Å²) in [6, 6.07) is 0. The van der Waals surface area contributed by atoms with E-state index in [0.29, 0.717) is 6.42 Å². The summed E-state index contributed by atoms with van der Waals surface area (Å²) in [6.07, 6.45) is 25.7. The van der Waals surface area contributed by atoms with Crippen LogP contribution in [0.5, 0.6) is 0 Å². The summed E-state index contributed by atoms with van der Waals surface area (Å²) >= 11 is 0. The summed E-state index contributed by atoms with van der Waals surface area (Å²) in [5.41, 5.74) is 0. The van der Waals surface area contributed by atoms with Crippen molar-refractivity contribution in [1.29, 1.82) is 0 Å². The first-order valence-corrected chi connectivity index (χ1v) is 18.7. The number of aliphatic carboxylic acids is 1. The molecule has 0 spiro atoms. The van der Waals surface area contributed by atoms with Gasteiger partial charge in [-0.1, -0.05) is 142 Å². The predicted molar refractivity (Wildman–Crippen MR) is 182 cm³/mol.